The Labute approximate surface area is 131 Å². The Balaban J connectivity index is 1.46. The van der Waals surface area contributed by atoms with Crippen LogP contribution in [0.1, 0.15) is 18.4 Å². The van der Waals surface area contributed by atoms with E-state index in [1.165, 1.54) is 31.5 Å². The molecular weight excluding hydrogens is 274 g/mol. The van der Waals surface area contributed by atoms with E-state index in [1.54, 1.807) is 0 Å². The molecule has 3 fully saturated rings. The van der Waals surface area contributed by atoms with Gasteiger partial charge in [-0.25, -0.2) is 9.97 Å². The number of fused-ring (bicyclic) bond motifs is 3. The molecule has 0 radical (unpaired) electrons. The van der Waals surface area contributed by atoms with Crippen LogP contribution >= 0.6 is 0 Å². The van der Waals surface area contributed by atoms with Gasteiger partial charge in [0.2, 0.25) is 0 Å². The lowest BCUT2D eigenvalue weighted by Crippen LogP contribution is -2.52. The summed E-state index contributed by atoms with van der Waals surface area (Å²) in [6.07, 6.45) is 6.45. The number of hydrogen-bond donors (Lipinski definition) is 0. The summed E-state index contributed by atoms with van der Waals surface area (Å²) >= 11 is 0. The van der Waals surface area contributed by atoms with Crippen molar-refractivity contribution < 1.29 is 4.74 Å². The maximum atomic E-state index is 6.04. The zero-order valence-electron chi connectivity index (χ0n) is 12.9. The van der Waals surface area contributed by atoms with Crippen molar-refractivity contribution in [2.75, 3.05) is 19.6 Å². The first-order valence-corrected chi connectivity index (χ1v) is 8.06. The van der Waals surface area contributed by atoms with Crippen LogP contribution in [0.15, 0.2) is 36.7 Å². The van der Waals surface area contributed by atoms with Crippen molar-refractivity contribution in [3.05, 3.63) is 42.2 Å². The van der Waals surface area contributed by atoms with E-state index >= 15 is 0 Å². The van der Waals surface area contributed by atoms with Crippen LogP contribution in [0.5, 0.6) is 6.01 Å². The predicted octanol–water partition coefficient (Wildman–Crippen LogP) is 2.93. The molecule has 0 unspecified atom stereocenters. The second-order valence-corrected chi connectivity index (χ2v) is 6.41. The quantitative estimate of drug-likeness (QED) is 0.872. The van der Waals surface area contributed by atoms with Gasteiger partial charge in [0.25, 0.3) is 0 Å². The van der Waals surface area contributed by atoms with Crippen molar-refractivity contribution in [1.29, 1.82) is 0 Å². The Morgan fingerprint density at radius 3 is 2.27 bits per heavy atom. The maximum Gasteiger partial charge on any atom is 0.316 e. The molecule has 4 heterocycles. The Morgan fingerprint density at radius 2 is 1.68 bits per heavy atom. The Morgan fingerprint density at radius 1 is 1.00 bits per heavy atom. The third-order valence-electron chi connectivity index (χ3n) is 4.87. The van der Waals surface area contributed by atoms with E-state index in [2.05, 4.69) is 46.1 Å². The number of ether oxygens (including phenoxy) is 1. The summed E-state index contributed by atoms with van der Waals surface area (Å²) in [6, 6.07) is 8.92. The first kappa shape index (κ1) is 13.7. The van der Waals surface area contributed by atoms with Crippen LogP contribution in [0, 0.1) is 12.8 Å². The molecule has 0 saturated carbocycles. The van der Waals surface area contributed by atoms with Crippen molar-refractivity contribution >= 4 is 0 Å². The van der Waals surface area contributed by atoms with Gasteiger partial charge in [-0.1, -0.05) is 29.8 Å². The molecule has 0 amide bonds. The largest absolute Gasteiger partial charge is 0.458 e. The molecule has 114 valence electrons. The second-order valence-electron chi connectivity index (χ2n) is 6.41. The van der Waals surface area contributed by atoms with Crippen LogP contribution in [0.4, 0.5) is 0 Å². The van der Waals surface area contributed by atoms with Gasteiger partial charge < -0.3 is 4.74 Å². The van der Waals surface area contributed by atoms with E-state index < -0.39 is 0 Å². The van der Waals surface area contributed by atoms with Crippen LogP contribution in [0.25, 0.3) is 11.1 Å². The topological polar surface area (TPSA) is 38.2 Å². The summed E-state index contributed by atoms with van der Waals surface area (Å²) in [5, 5.41) is 0. The van der Waals surface area contributed by atoms with Gasteiger partial charge in [-0.2, -0.15) is 0 Å². The van der Waals surface area contributed by atoms with Crippen molar-refractivity contribution in [2.45, 2.75) is 25.9 Å². The van der Waals surface area contributed by atoms with Gasteiger partial charge in [0.1, 0.15) is 6.10 Å². The molecule has 3 aliphatic rings. The summed E-state index contributed by atoms with van der Waals surface area (Å²) in [5.74, 6) is 0.672. The highest BCUT2D eigenvalue weighted by Crippen LogP contribution is 2.30. The van der Waals surface area contributed by atoms with Crippen molar-refractivity contribution in [3.8, 4) is 17.1 Å². The minimum absolute atomic E-state index is 0.257. The molecule has 3 aliphatic heterocycles. The highest BCUT2D eigenvalue weighted by atomic mass is 16.5. The Kier molecular flexibility index (Phi) is 3.54. The minimum atomic E-state index is 0.257. The zero-order valence-corrected chi connectivity index (χ0v) is 12.9. The molecule has 0 spiro atoms. The van der Waals surface area contributed by atoms with Gasteiger partial charge in [0, 0.05) is 24.5 Å². The minimum Gasteiger partial charge on any atom is -0.458 e. The van der Waals surface area contributed by atoms with Crippen LogP contribution in [0.2, 0.25) is 0 Å². The second kappa shape index (κ2) is 5.69. The van der Waals surface area contributed by atoms with E-state index in [0.29, 0.717) is 11.9 Å². The number of rotatable bonds is 3. The SMILES string of the molecule is Cc1ccc(-c2cnc(O[C@@H]3CN4CCC3CC4)nc2)cc1. The Bertz CT molecular complexity index is 630. The fraction of sp³-hybridized carbons (Fsp3) is 0.444. The van der Waals surface area contributed by atoms with Crippen LogP contribution in [0.3, 0.4) is 0 Å². The maximum absolute atomic E-state index is 6.04. The van der Waals surface area contributed by atoms with E-state index in [-0.39, 0.29) is 6.10 Å². The van der Waals surface area contributed by atoms with Gasteiger partial charge in [-0.15, -0.1) is 0 Å². The van der Waals surface area contributed by atoms with E-state index in [1.807, 2.05) is 12.4 Å². The molecule has 1 aromatic heterocycles. The lowest BCUT2D eigenvalue weighted by molar-refractivity contribution is -0.0123. The van der Waals surface area contributed by atoms with E-state index in [0.717, 1.165) is 17.7 Å². The summed E-state index contributed by atoms with van der Waals surface area (Å²) in [5.41, 5.74) is 3.42. The van der Waals surface area contributed by atoms with Crippen molar-refractivity contribution in [3.63, 3.8) is 0 Å². The molecule has 3 saturated heterocycles. The van der Waals surface area contributed by atoms with Crippen LogP contribution in [-0.2, 0) is 0 Å². The fourth-order valence-electron chi connectivity index (χ4n) is 3.45. The standard InChI is InChI=1S/C18H21N3O/c1-13-2-4-14(5-3-13)16-10-19-18(20-11-16)22-17-12-21-8-6-15(17)7-9-21/h2-5,10-11,15,17H,6-9,12H2,1H3/t17-/m1/s1. The average Bonchev–Trinajstić information content (AvgIpc) is 2.58. The average molecular weight is 295 g/mol. The summed E-state index contributed by atoms with van der Waals surface area (Å²) < 4.78 is 6.04. The lowest BCUT2D eigenvalue weighted by Gasteiger charge is -2.43. The molecule has 0 aliphatic carbocycles. The Hall–Kier alpha value is -1.94. The smallest absolute Gasteiger partial charge is 0.316 e. The zero-order chi connectivity index (χ0) is 14.9. The number of aryl methyl sites for hydroxylation is 1. The highest BCUT2D eigenvalue weighted by molar-refractivity contribution is 5.61. The first-order chi connectivity index (χ1) is 10.8. The van der Waals surface area contributed by atoms with Crippen LogP contribution < -0.4 is 4.74 Å². The summed E-state index contributed by atoms with van der Waals surface area (Å²) in [4.78, 5) is 11.3. The third kappa shape index (κ3) is 2.71. The molecular formula is C18H21N3O. The molecule has 22 heavy (non-hydrogen) atoms. The third-order valence-corrected chi connectivity index (χ3v) is 4.87. The molecule has 2 bridgehead atoms. The molecule has 4 heteroatoms. The molecule has 2 aromatic rings. The normalized spacial score (nSPS) is 26.9. The van der Waals surface area contributed by atoms with E-state index in [4.69, 9.17) is 4.74 Å². The van der Waals surface area contributed by atoms with Gasteiger partial charge in [-0.05, 0) is 44.3 Å². The fourth-order valence-corrected chi connectivity index (χ4v) is 3.45. The molecule has 1 atom stereocenters. The van der Waals surface area contributed by atoms with E-state index in [9.17, 15) is 0 Å². The van der Waals surface area contributed by atoms with Crippen LogP contribution in [-0.4, -0.2) is 40.6 Å². The van der Waals surface area contributed by atoms with Gasteiger partial charge in [0.05, 0.1) is 0 Å². The summed E-state index contributed by atoms with van der Waals surface area (Å²) in [7, 11) is 0. The summed E-state index contributed by atoms with van der Waals surface area (Å²) in [6.45, 7) is 5.55. The van der Waals surface area contributed by atoms with Crippen molar-refractivity contribution in [1.82, 2.24) is 14.9 Å². The number of aromatic nitrogens is 2. The highest BCUT2D eigenvalue weighted by Gasteiger charge is 2.35. The number of benzene rings is 1. The molecule has 1 aromatic carbocycles. The number of nitrogens with zero attached hydrogens (tertiary/aromatic N) is 3. The number of piperidine rings is 3. The van der Waals surface area contributed by atoms with Crippen molar-refractivity contribution in [2.24, 2.45) is 5.92 Å². The first-order valence-electron chi connectivity index (χ1n) is 8.06. The lowest BCUT2D eigenvalue weighted by atomic mass is 9.86. The van der Waals surface area contributed by atoms with Gasteiger partial charge in [-0.3, -0.25) is 4.90 Å². The monoisotopic (exact) mass is 295 g/mol. The molecule has 0 N–H and O–H groups in total. The van der Waals surface area contributed by atoms with Gasteiger partial charge >= 0.3 is 6.01 Å². The van der Waals surface area contributed by atoms with Gasteiger partial charge in [0.15, 0.2) is 0 Å². The number of hydrogen-bond acceptors (Lipinski definition) is 4. The predicted molar refractivity (Wildman–Crippen MR) is 85.8 cm³/mol. The molecule has 4 nitrogen and oxygen atoms in total. The molecule has 5 rings (SSSR count).